The van der Waals surface area contributed by atoms with E-state index in [0.717, 1.165) is 43.3 Å². The van der Waals surface area contributed by atoms with Gasteiger partial charge in [-0.25, -0.2) is 18.4 Å². The minimum atomic E-state index is -3.29. The van der Waals surface area contributed by atoms with Gasteiger partial charge in [0.15, 0.2) is 9.84 Å². The van der Waals surface area contributed by atoms with Gasteiger partial charge in [-0.1, -0.05) is 18.2 Å². The van der Waals surface area contributed by atoms with Gasteiger partial charge in [-0.05, 0) is 38.6 Å². The second-order valence-corrected chi connectivity index (χ2v) is 9.98. The van der Waals surface area contributed by atoms with E-state index < -0.39 is 9.84 Å². The molecule has 7 nitrogen and oxygen atoms in total. The van der Waals surface area contributed by atoms with Crippen LogP contribution in [-0.2, 0) is 16.4 Å². The largest absolute Gasteiger partial charge is 0.363 e. The Morgan fingerprint density at radius 2 is 1.90 bits per heavy atom. The highest BCUT2D eigenvalue weighted by atomic mass is 32.2. The van der Waals surface area contributed by atoms with Crippen LogP contribution < -0.4 is 10.2 Å². The van der Waals surface area contributed by atoms with Crippen LogP contribution in [0.4, 0.5) is 5.82 Å². The second-order valence-electron chi connectivity index (χ2n) is 7.87. The van der Waals surface area contributed by atoms with Crippen molar-refractivity contribution in [1.82, 2.24) is 20.2 Å². The first-order valence-corrected chi connectivity index (χ1v) is 11.7. The number of piperidine rings is 1. The summed E-state index contributed by atoms with van der Waals surface area (Å²) in [7, 11) is 2.57. The molecule has 1 N–H and O–H groups in total. The van der Waals surface area contributed by atoms with E-state index in [9.17, 15) is 8.42 Å². The molecule has 1 aromatic carbocycles. The SMILES string of the molecule is CN(CCS(=O)(=O)c1ccccc1)Cc1nc([C@H]2CCCNC2)cc(N(C)C)n1. The van der Waals surface area contributed by atoms with Crippen molar-refractivity contribution in [1.29, 1.82) is 0 Å². The summed E-state index contributed by atoms with van der Waals surface area (Å²) in [5.74, 6) is 2.09. The van der Waals surface area contributed by atoms with E-state index in [4.69, 9.17) is 4.98 Å². The van der Waals surface area contributed by atoms with E-state index in [2.05, 4.69) is 16.4 Å². The fraction of sp³-hybridized carbons (Fsp3) is 0.524. The van der Waals surface area contributed by atoms with Crippen molar-refractivity contribution in [2.24, 2.45) is 0 Å². The number of aromatic nitrogens is 2. The van der Waals surface area contributed by atoms with E-state index in [1.54, 1.807) is 24.3 Å². The van der Waals surface area contributed by atoms with Crippen molar-refractivity contribution in [2.45, 2.75) is 30.2 Å². The molecule has 1 fully saturated rings. The summed E-state index contributed by atoms with van der Waals surface area (Å²) in [5.41, 5.74) is 1.07. The first kappa shape index (κ1) is 21.7. The van der Waals surface area contributed by atoms with E-state index in [1.807, 2.05) is 37.0 Å². The van der Waals surface area contributed by atoms with Crippen LogP contribution >= 0.6 is 0 Å². The van der Waals surface area contributed by atoms with Crippen molar-refractivity contribution < 1.29 is 8.42 Å². The lowest BCUT2D eigenvalue weighted by molar-refractivity contribution is 0.335. The van der Waals surface area contributed by atoms with Crippen LogP contribution in [0.5, 0.6) is 0 Å². The van der Waals surface area contributed by atoms with Gasteiger partial charge in [-0.2, -0.15) is 0 Å². The number of sulfone groups is 1. The van der Waals surface area contributed by atoms with Gasteiger partial charge in [0, 0.05) is 39.2 Å². The average molecular weight is 418 g/mol. The molecule has 1 saturated heterocycles. The molecule has 1 aliphatic rings. The van der Waals surface area contributed by atoms with Crippen LogP contribution in [0.1, 0.15) is 30.3 Å². The second kappa shape index (κ2) is 9.65. The molecule has 0 radical (unpaired) electrons. The molecule has 29 heavy (non-hydrogen) atoms. The Morgan fingerprint density at radius 1 is 1.14 bits per heavy atom. The Labute approximate surface area is 174 Å². The third-order valence-corrected chi connectivity index (χ3v) is 6.92. The monoisotopic (exact) mass is 417 g/mol. The van der Waals surface area contributed by atoms with Crippen LogP contribution in [-0.4, -0.2) is 69.8 Å². The molecule has 2 heterocycles. The smallest absolute Gasteiger partial charge is 0.179 e. The maximum Gasteiger partial charge on any atom is 0.179 e. The molecule has 0 amide bonds. The molecule has 0 aliphatic carbocycles. The summed E-state index contributed by atoms with van der Waals surface area (Å²) >= 11 is 0. The molecule has 2 aromatic rings. The van der Waals surface area contributed by atoms with Crippen molar-refractivity contribution in [2.75, 3.05) is 51.4 Å². The van der Waals surface area contributed by atoms with E-state index >= 15 is 0 Å². The number of benzene rings is 1. The average Bonchev–Trinajstić information content (AvgIpc) is 2.73. The third-order valence-electron chi connectivity index (χ3n) is 5.21. The van der Waals surface area contributed by atoms with Gasteiger partial charge >= 0.3 is 0 Å². The predicted molar refractivity (Wildman–Crippen MR) is 116 cm³/mol. The lowest BCUT2D eigenvalue weighted by atomic mass is 9.96. The van der Waals surface area contributed by atoms with Gasteiger partial charge < -0.3 is 10.2 Å². The van der Waals surface area contributed by atoms with Crippen LogP contribution in [0.15, 0.2) is 41.3 Å². The summed E-state index contributed by atoms with van der Waals surface area (Å²) in [6.07, 6.45) is 2.28. The quantitative estimate of drug-likeness (QED) is 0.703. The first-order chi connectivity index (χ1) is 13.8. The normalized spacial score (nSPS) is 17.4. The van der Waals surface area contributed by atoms with Crippen molar-refractivity contribution >= 4 is 15.7 Å². The van der Waals surface area contributed by atoms with Crippen LogP contribution in [0.25, 0.3) is 0 Å². The molecule has 158 valence electrons. The molecular formula is C21H31N5O2S. The van der Waals surface area contributed by atoms with Gasteiger partial charge in [0.25, 0.3) is 0 Å². The molecule has 1 atom stereocenters. The van der Waals surface area contributed by atoms with Crippen LogP contribution in [0, 0.1) is 0 Å². The number of anilines is 1. The topological polar surface area (TPSA) is 78.4 Å². The zero-order valence-corrected chi connectivity index (χ0v) is 18.3. The number of hydrogen-bond donors (Lipinski definition) is 1. The lowest BCUT2D eigenvalue weighted by Gasteiger charge is -2.24. The highest BCUT2D eigenvalue weighted by Gasteiger charge is 2.20. The van der Waals surface area contributed by atoms with Gasteiger partial charge in [-0.3, -0.25) is 4.90 Å². The highest BCUT2D eigenvalue weighted by Crippen LogP contribution is 2.24. The van der Waals surface area contributed by atoms with E-state index in [-0.39, 0.29) is 5.75 Å². The van der Waals surface area contributed by atoms with E-state index in [1.165, 1.54) is 0 Å². The summed E-state index contributed by atoms with van der Waals surface area (Å²) in [6, 6.07) is 10.7. The molecule has 8 heteroatoms. The number of nitrogens with one attached hydrogen (secondary N) is 1. The third kappa shape index (κ3) is 5.98. The van der Waals surface area contributed by atoms with Crippen LogP contribution in [0.3, 0.4) is 0 Å². The summed E-state index contributed by atoms with van der Waals surface area (Å²) in [4.78, 5) is 13.8. The Hall–Kier alpha value is -2.03. The standard InChI is InChI=1S/C21H31N5O2S/c1-25(2)21-14-19(17-8-7-11-22-15-17)23-20(24-21)16-26(3)12-13-29(27,28)18-9-5-4-6-10-18/h4-6,9-10,14,17,22H,7-8,11-13,15-16H2,1-3H3/t17-/m0/s1. The van der Waals surface area contributed by atoms with Crippen molar-refractivity contribution in [3.8, 4) is 0 Å². The van der Waals surface area contributed by atoms with Gasteiger partial charge in [0.1, 0.15) is 11.6 Å². The number of nitrogens with zero attached hydrogens (tertiary/aromatic N) is 4. The van der Waals surface area contributed by atoms with Gasteiger partial charge in [0.2, 0.25) is 0 Å². The molecule has 1 aromatic heterocycles. The predicted octanol–water partition coefficient (Wildman–Crippen LogP) is 1.92. The van der Waals surface area contributed by atoms with Crippen molar-refractivity contribution in [3.05, 3.63) is 47.9 Å². The molecule has 0 unspecified atom stereocenters. The Balaban J connectivity index is 1.69. The number of hydrogen-bond acceptors (Lipinski definition) is 7. The van der Waals surface area contributed by atoms with Crippen LogP contribution in [0.2, 0.25) is 0 Å². The summed E-state index contributed by atoms with van der Waals surface area (Å²) in [5, 5.41) is 3.44. The summed E-state index contributed by atoms with van der Waals surface area (Å²) in [6.45, 7) is 2.94. The van der Waals surface area contributed by atoms with Gasteiger partial charge in [0.05, 0.1) is 22.9 Å². The Kier molecular flexibility index (Phi) is 7.21. The fourth-order valence-corrected chi connectivity index (χ4v) is 4.82. The molecule has 0 saturated carbocycles. The summed E-state index contributed by atoms with van der Waals surface area (Å²) < 4.78 is 25.0. The number of rotatable bonds is 8. The zero-order valence-electron chi connectivity index (χ0n) is 17.5. The zero-order chi connectivity index (χ0) is 20.9. The molecule has 0 bridgehead atoms. The highest BCUT2D eigenvalue weighted by molar-refractivity contribution is 7.91. The maximum absolute atomic E-state index is 12.5. The minimum Gasteiger partial charge on any atom is -0.363 e. The molecule has 1 aliphatic heterocycles. The molecular weight excluding hydrogens is 386 g/mol. The Bertz CT molecular complexity index is 897. The van der Waals surface area contributed by atoms with Gasteiger partial charge in [-0.15, -0.1) is 0 Å². The van der Waals surface area contributed by atoms with E-state index in [0.29, 0.717) is 23.9 Å². The minimum absolute atomic E-state index is 0.0697. The van der Waals surface area contributed by atoms with Crippen molar-refractivity contribution in [3.63, 3.8) is 0 Å². The lowest BCUT2D eigenvalue weighted by Crippen LogP contribution is -2.30. The first-order valence-electron chi connectivity index (χ1n) is 10.1. The fourth-order valence-electron chi connectivity index (χ4n) is 3.46. The molecule has 3 rings (SSSR count). The Morgan fingerprint density at radius 3 is 2.55 bits per heavy atom. The molecule has 0 spiro atoms. The maximum atomic E-state index is 12.5.